The molecule has 0 spiro atoms. The Labute approximate surface area is 152 Å². The Morgan fingerprint density at radius 2 is 2.00 bits per heavy atom. The SMILES string of the molecule is CC(C)OC(=O)N[C@H]1CC[C@H](c2ncc(-c3ccccc3N)s2)CC1. The van der Waals surface area contributed by atoms with E-state index in [1.54, 1.807) is 11.3 Å². The molecule has 3 rings (SSSR count). The molecule has 134 valence electrons. The summed E-state index contributed by atoms with van der Waals surface area (Å²) in [5.74, 6) is 0.461. The summed E-state index contributed by atoms with van der Waals surface area (Å²) < 4.78 is 5.16. The van der Waals surface area contributed by atoms with E-state index in [-0.39, 0.29) is 18.2 Å². The molecule has 0 atom stereocenters. The molecule has 1 heterocycles. The number of nitrogens with two attached hydrogens (primary N) is 1. The third kappa shape index (κ3) is 4.51. The fraction of sp³-hybridized carbons (Fsp3) is 0.474. The topological polar surface area (TPSA) is 77.2 Å². The number of aromatic nitrogens is 1. The highest BCUT2D eigenvalue weighted by molar-refractivity contribution is 7.15. The van der Waals surface area contributed by atoms with Crippen LogP contribution in [0.15, 0.2) is 30.5 Å². The van der Waals surface area contributed by atoms with E-state index in [9.17, 15) is 4.79 Å². The number of amides is 1. The van der Waals surface area contributed by atoms with Crippen LogP contribution in [0.1, 0.15) is 50.5 Å². The van der Waals surface area contributed by atoms with Crippen molar-refractivity contribution in [2.24, 2.45) is 0 Å². The Balaban J connectivity index is 1.57. The molecule has 1 aliphatic rings. The van der Waals surface area contributed by atoms with Gasteiger partial charge in [-0.05, 0) is 45.6 Å². The summed E-state index contributed by atoms with van der Waals surface area (Å²) in [5, 5.41) is 4.13. The molecule has 1 aliphatic carbocycles. The number of anilines is 1. The number of hydrogen-bond donors (Lipinski definition) is 2. The fourth-order valence-electron chi connectivity index (χ4n) is 3.22. The summed E-state index contributed by atoms with van der Waals surface area (Å²) in [5.41, 5.74) is 7.91. The maximum Gasteiger partial charge on any atom is 0.407 e. The van der Waals surface area contributed by atoms with Crippen LogP contribution in [-0.4, -0.2) is 23.2 Å². The first kappa shape index (κ1) is 17.7. The van der Waals surface area contributed by atoms with E-state index in [2.05, 4.69) is 10.3 Å². The second-order valence-electron chi connectivity index (χ2n) is 6.80. The number of benzene rings is 1. The Hall–Kier alpha value is -2.08. The van der Waals surface area contributed by atoms with Crippen molar-refractivity contribution in [3.8, 4) is 10.4 Å². The van der Waals surface area contributed by atoms with Crippen molar-refractivity contribution < 1.29 is 9.53 Å². The largest absolute Gasteiger partial charge is 0.447 e. The molecule has 5 nitrogen and oxygen atoms in total. The second-order valence-corrected chi connectivity index (χ2v) is 7.86. The molecule has 6 heteroatoms. The van der Waals surface area contributed by atoms with Crippen LogP contribution in [0.25, 0.3) is 10.4 Å². The molecule has 0 unspecified atom stereocenters. The number of carbonyl (C=O) groups is 1. The van der Waals surface area contributed by atoms with Crippen LogP contribution in [0.5, 0.6) is 0 Å². The molecule has 2 aromatic rings. The molecule has 1 fully saturated rings. The number of nitrogen functional groups attached to an aromatic ring is 1. The Bertz CT molecular complexity index is 721. The molecule has 3 N–H and O–H groups in total. The number of ether oxygens (including phenoxy) is 1. The van der Waals surface area contributed by atoms with E-state index < -0.39 is 0 Å². The normalized spacial score (nSPS) is 20.4. The molecule has 0 bridgehead atoms. The number of hydrogen-bond acceptors (Lipinski definition) is 5. The van der Waals surface area contributed by atoms with Gasteiger partial charge < -0.3 is 15.8 Å². The van der Waals surface area contributed by atoms with Crippen molar-refractivity contribution in [1.29, 1.82) is 0 Å². The standard InChI is InChI=1S/C19H25N3O2S/c1-12(2)24-19(23)22-14-9-7-13(8-10-14)18-21-11-17(25-18)15-5-3-4-6-16(15)20/h3-6,11-14H,7-10,20H2,1-2H3,(H,22,23)/t13-,14-. The zero-order chi connectivity index (χ0) is 17.8. The van der Waals surface area contributed by atoms with Crippen LogP contribution in [-0.2, 0) is 4.74 Å². The lowest BCUT2D eigenvalue weighted by atomic mass is 9.86. The smallest absolute Gasteiger partial charge is 0.407 e. The van der Waals surface area contributed by atoms with Crippen molar-refractivity contribution in [3.05, 3.63) is 35.5 Å². The van der Waals surface area contributed by atoms with Crippen LogP contribution >= 0.6 is 11.3 Å². The van der Waals surface area contributed by atoms with Crippen LogP contribution in [0.3, 0.4) is 0 Å². The van der Waals surface area contributed by atoms with Crippen molar-refractivity contribution >= 4 is 23.1 Å². The molecule has 1 aromatic carbocycles. The molecule has 25 heavy (non-hydrogen) atoms. The maximum absolute atomic E-state index is 11.7. The summed E-state index contributed by atoms with van der Waals surface area (Å²) in [4.78, 5) is 17.5. The summed E-state index contributed by atoms with van der Waals surface area (Å²) in [7, 11) is 0. The zero-order valence-electron chi connectivity index (χ0n) is 14.7. The summed E-state index contributed by atoms with van der Waals surface area (Å²) >= 11 is 1.73. The van der Waals surface area contributed by atoms with Crippen LogP contribution in [0.2, 0.25) is 0 Å². The van der Waals surface area contributed by atoms with Crippen molar-refractivity contribution in [3.63, 3.8) is 0 Å². The lowest BCUT2D eigenvalue weighted by Gasteiger charge is -2.28. The molecular weight excluding hydrogens is 334 g/mol. The first-order chi connectivity index (χ1) is 12.0. The minimum atomic E-state index is -0.311. The predicted octanol–water partition coefficient (Wildman–Crippen LogP) is 4.55. The zero-order valence-corrected chi connectivity index (χ0v) is 15.5. The lowest BCUT2D eigenvalue weighted by molar-refractivity contribution is 0.109. The third-order valence-corrected chi connectivity index (χ3v) is 5.68. The van der Waals surface area contributed by atoms with Gasteiger partial charge in [-0.3, -0.25) is 0 Å². The van der Waals surface area contributed by atoms with E-state index >= 15 is 0 Å². The van der Waals surface area contributed by atoms with Gasteiger partial charge in [-0.2, -0.15) is 0 Å². The first-order valence-electron chi connectivity index (χ1n) is 8.80. The molecule has 0 radical (unpaired) electrons. The number of nitrogens with one attached hydrogen (secondary N) is 1. The minimum absolute atomic E-state index is 0.0875. The molecule has 1 aromatic heterocycles. The molecule has 1 saturated carbocycles. The van der Waals surface area contributed by atoms with Gasteiger partial charge >= 0.3 is 6.09 Å². The van der Waals surface area contributed by atoms with Gasteiger partial charge in [0, 0.05) is 29.4 Å². The first-order valence-corrected chi connectivity index (χ1v) is 9.62. The quantitative estimate of drug-likeness (QED) is 0.785. The number of alkyl carbamates (subject to hydrolysis) is 1. The van der Waals surface area contributed by atoms with Gasteiger partial charge in [0.05, 0.1) is 16.0 Å². The van der Waals surface area contributed by atoms with Gasteiger partial charge in [-0.15, -0.1) is 11.3 Å². The fourth-order valence-corrected chi connectivity index (χ4v) is 4.36. The molecular formula is C19H25N3O2S. The van der Waals surface area contributed by atoms with Gasteiger partial charge in [-0.1, -0.05) is 18.2 Å². The highest BCUT2D eigenvalue weighted by Crippen LogP contribution is 2.38. The molecule has 1 amide bonds. The van der Waals surface area contributed by atoms with E-state index in [0.29, 0.717) is 5.92 Å². The van der Waals surface area contributed by atoms with Crippen molar-refractivity contribution in [2.75, 3.05) is 5.73 Å². The minimum Gasteiger partial charge on any atom is -0.447 e. The molecule has 0 aliphatic heterocycles. The summed E-state index contributed by atoms with van der Waals surface area (Å²) in [6.07, 6.45) is 5.51. The van der Waals surface area contributed by atoms with Crippen LogP contribution in [0, 0.1) is 0 Å². The average Bonchev–Trinajstić information content (AvgIpc) is 3.05. The maximum atomic E-state index is 11.7. The highest BCUT2D eigenvalue weighted by atomic mass is 32.1. The number of para-hydroxylation sites is 1. The van der Waals surface area contributed by atoms with Gasteiger partial charge in [0.1, 0.15) is 0 Å². The number of nitrogens with zero attached hydrogens (tertiary/aromatic N) is 1. The Kier molecular flexibility index (Phi) is 5.58. The average molecular weight is 359 g/mol. The second kappa shape index (κ2) is 7.87. The van der Waals surface area contributed by atoms with E-state index in [1.807, 2.05) is 44.3 Å². The van der Waals surface area contributed by atoms with E-state index in [1.165, 1.54) is 5.01 Å². The van der Waals surface area contributed by atoms with Crippen LogP contribution < -0.4 is 11.1 Å². The van der Waals surface area contributed by atoms with Gasteiger partial charge in [0.2, 0.25) is 0 Å². The van der Waals surface area contributed by atoms with Crippen molar-refractivity contribution in [1.82, 2.24) is 10.3 Å². The number of thiazole rings is 1. The number of rotatable bonds is 4. The van der Waals surface area contributed by atoms with E-state index in [0.717, 1.165) is 41.8 Å². The molecule has 0 saturated heterocycles. The monoisotopic (exact) mass is 359 g/mol. The Morgan fingerprint density at radius 3 is 2.68 bits per heavy atom. The van der Waals surface area contributed by atoms with E-state index in [4.69, 9.17) is 10.5 Å². The summed E-state index contributed by atoms with van der Waals surface area (Å²) in [6.45, 7) is 3.71. The van der Waals surface area contributed by atoms with Gasteiger partial charge in [0.25, 0.3) is 0 Å². The van der Waals surface area contributed by atoms with Crippen LogP contribution in [0.4, 0.5) is 10.5 Å². The van der Waals surface area contributed by atoms with Gasteiger partial charge in [-0.25, -0.2) is 9.78 Å². The summed E-state index contributed by atoms with van der Waals surface area (Å²) in [6, 6.07) is 8.10. The third-order valence-electron chi connectivity index (χ3n) is 4.49. The Morgan fingerprint density at radius 1 is 1.28 bits per heavy atom. The lowest BCUT2D eigenvalue weighted by Crippen LogP contribution is -2.38. The predicted molar refractivity (Wildman–Crippen MR) is 102 cm³/mol. The number of carbonyl (C=O) groups excluding carboxylic acids is 1. The van der Waals surface area contributed by atoms with Gasteiger partial charge in [0.15, 0.2) is 0 Å². The van der Waals surface area contributed by atoms with Crippen molar-refractivity contribution in [2.45, 2.75) is 57.6 Å². The highest BCUT2D eigenvalue weighted by Gasteiger charge is 2.26.